The lowest BCUT2D eigenvalue weighted by Crippen LogP contribution is -2.31. The fraction of sp³-hybridized carbons (Fsp3) is 0.161. The smallest absolute Gasteiger partial charge is 0.238 e. The van der Waals surface area contributed by atoms with E-state index >= 15 is 0 Å². The van der Waals surface area contributed by atoms with Gasteiger partial charge in [0.05, 0.1) is 11.3 Å². The summed E-state index contributed by atoms with van der Waals surface area (Å²) in [7, 11) is 0. The highest BCUT2D eigenvalue weighted by Gasteiger charge is 2.20. The Bertz CT molecular complexity index is 1580. The molecule has 5 aromatic rings. The number of nitrogens with one attached hydrogen (secondary N) is 1. The molecule has 0 saturated heterocycles. The van der Waals surface area contributed by atoms with Gasteiger partial charge in [0, 0.05) is 33.6 Å². The highest BCUT2D eigenvalue weighted by atomic mass is 35.5. The van der Waals surface area contributed by atoms with E-state index < -0.39 is 0 Å². The summed E-state index contributed by atoms with van der Waals surface area (Å²) in [5.41, 5.74) is 13.6. The zero-order valence-electron chi connectivity index (χ0n) is 21.4. The highest BCUT2D eigenvalue weighted by molar-refractivity contribution is 7.17. The molecule has 1 amide bonds. The summed E-state index contributed by atoms with van der Waals surface area (Å²) < 4.78 is 2.29. The Hall–Kier alpha value is -3.75. The van der Waals surface area contributed by atoms with Crippen LogP contribution in [0, 0.1) is 0 Å². The van der Waals surface area contributed by atoms with Crippen LogP contribution >= 0.6 is 23.7 Å². The Morgan fingerprint density at radius 2 is 1.54 bits per heavy atom. The number of benzene rings is 3. The summed E-state index contributed by atoms with van der Waals surface area (Å²) in [4.78, 5) is 27.3. The predicted octanol–water partition coefficient (Wildman–Crippen LogP) is 5.96. The maximum Gasteiger partial charge on any atom is 0.238 e. The molecule has 5 rings (SSSR count). The number of aromatic nitrogens is 1. The number of fused-ring (bicyclic) bond motifs is 1. The minimum Gasteiger partial charge on any atom is -0.340 e. The topological polar surface area (TPSA) is 103 Å². The molecule has 0 saturated carbocycles. The number of halogens is 1. The molecule has 0 aliphatic heterocycles. The number of ketones is 1. The zero-order valence-corrected chi connectivity index (χ0v) is 23.1. The van der Waals surface area contributed by atoms with Crippen molar-refractivity contribution in [2.75, 3.05) is 6.54 Å². The van der Waals surface area contributed by atoms with Crippen molar-refractivity contribution in [3.8, 4) is 21.7 Å². The van der Waals surface area contributed by atoms with E-state index in [0.717, 1.165) is 57.6 Å². The van der Waals surface area contributed by atoms with E-state index in [1.54, 1.807) is 0 Å². The number of nitrogens with two attached hydrogens (primary N) is 2. The van der Waals surface area contributed by atoms with E-state index in [0.29, 0.717) is 17.0 Å². The van der Waals surface area contributed by atoms with Crippen molar-refractivity contribution in [3.05, 3.63) is 107 Å². The number of unbranched alkanes of at least 4 members (excludes halogenated alkanes) is 1. The lowest BCUT2D eigenvalue weighted by Gasteiger charge is -2.11. The largest absolute Gasteiger partial charge is 0.340 e. The molecule has 0 spiro atoms. The molecule has 3 aromatic carbocycles. The Labute approximate surface area is 238 Å². The van der Waals surface area contributed by atoms with Gasteiger partial charge in [0.25, 0.3) is 0 Å². The van der Waals surface area contributed by atoms with Gasteiger partial charge in [-0.2, -0.15) is 0 Å². The monoisotopic (exact) mass is 558 g/mol. The van der Waals surface area contributed by atoms with E-state index in [4.69, 9.17) is 11.6 Å². The fourth-order valence-corrected chi connectivity index (χ4v) is 5.92. The second kappa shape index (κ2) is 12.9. The van der Waals surface area contributed by atoms with Gasteiger partial charge in [-0.25, -0.2) is 5.84 Å². The van der Waals surface area contributed by atoms with E-state index in [1.807, 2.05) is 72.8 Å². The molecule has 0 unspecified atom stereocenters. The van der Waals surface area contributed by atoms with Crippen molar-refractivity contribution in [1.82, 2.24) is 9.99 Å². The fourth-order valence-electron chi connectivity index (χ4n) is 4.77. The van der Waals surface area contributed by atoms with Gasteiger partial charge in [-0.3, -0.25) is 15.0 Å². The van der Waals surface area contributed by atoms with Gasteiger partial charge in [0.15, 0.2) is 0 Å². The molecular formula is C31H31ClN4O2S. The summed E-state index contributed by atoms with van der Waals surface area (Å²) in [6.07, 6.45) is 1.99. The molecule has 0 fully saturated rings. The number of hydrogen-bond donors (Lipinski definition) is 3. The average molecular weight is 559 g/mol. The van der Waals surface area contributed by atoms with Crippen molar-refractivity contribution >= 4 is 46.3 Å². The van der Waals surface area contributed by atoms with Gasteiger partial charge < -0.3 is 10.3 Å². The molecule has 6 nitrogen and oxygen atoms in total. The molecule has 0 aliphatic rings. The Balaban J connectivity index is 0.00000353. The minimum absolute atomic E-state index is 0. The number of hydrazine groups is 1. The Kier molecular flexibility index (Phi) is 9.32. The maximum absolute atomic E-state index is 13.8. The molecule has 5 N–H and O–H groups in total. The summed E-state index contributed by atoms with van der Waals surface area (Å²) >= 11 is 1.41. The average Bonchev–Trinajstić information content (AvgIpc) is 3.55. The number of carbonyl (C=O) groups excluding carboxylic acids is 2. The molecule has 0 atom stereocenters. The molecule has 0 radical (unpaired) electrons. The predicted molar refractivity (Wildman–Crippen MR) is 162 cm³/mol. The Morgan fingerprint density at radius 3 is 2.21 bits per heavy atom. The number of aryl methyl sites for hydroxylation is 1. The number of rotatable bonds is 10. The lowest BCUT2D eigenvalue weighted by molar-refractivity contribution is -0.120. The van der Waals surface area contributed by atoms with Crippen LogP contribution in [0.25, 0.3) is 32.6 Å². The molecule has 8 heteroatoms. The van der Waals surface area contributed by atoms with Crippen LogP contribution in [0.2, 0.25) is 0 Å². The molecule has 2 aromatic heterocycles. The summed E-state index contributed by atoms with van der Waals surface area (Å²) in [5.74, 6) is 4.98. The standard InChI is InChI=1S/C31H30N4O2S.ClH/c32-15-7-8-16-35-26(21-9-3-1-4-10-21)17-23-13-14-24(18-27(23)35)30(37)28-19-25(20-29(36)34-33)31(38-28)22-11-5-2-6-12-22;/h1-6,9-14,17-19H,7-8,15-16,20,32-33H2,(H,34,36);1H. The second-order valence-corrected chi connectivity index (χ2v) is 10.3. The van der Waals surface area contributed by atoms with Gasteiger partial charge in [0.2, 0.25) is 11.7 Å². The molecule has 39 heavy (non-hydrogen) atoms. The normalized spacial score (nSPS) is 10.8. The number of carbonyl (C=O) groups is 2. The molecular weight excluding hydrogens is 528 g/mol. The van der Waals surface area contributed by atoms with Crippen LogP contribution in [0.4, 0.5) is 0 Å². The van der Waals surface area contributed by atoms with E-state index in [2.05, 4.69) is 28.2 Å². The van der Waals surface area contributed by atoms with Crippen LogP contribution in [0.5, 0.6) is 0 Å². The van der Waals surface area contributed by atoms with Crippen LogP contribution in [-0.4, -0.2) is 22.8 Å². The van der Waals surface area contributed by atoms with Crippen molar-refractivity contribution in [2.24, 2.45) is 11.6 Å². The lowest BCUT2D eigenvalue weighted by atomic mass is 10.0. The first kappa shape index (κ1) is 28.3. The third-order valence-corrected chi connectivity index (χ3v) is 7.88. The van der Waals surface area contributed by atoms with Crippen LogP contribution in [-0.2, 0) is 17.8 Å². The first-order valence-electron chi connectivity index (χ1n) is 12.7. The van der Waals surface area contributed by atoms with E-state index in [-0.39, 0.29) is 30.5 Å². The van der Waals surface area contributed by atoms with Gasteiger partial charge >= 0.3 is 0 Å². The number of nitrogens with zero attached hydrogens (tertiary/aromatic N) is 1. The third-order valence-electron chi connectivity index (χ3n) is 6.65. The van der Waals surface area contributed by atoms with Crippen molar-refractivity contribution in [2.45, 2.75) is 25.8 Å². The van der Waals surface area contributed by atoms with Gasteiger partial charge in [-0.05, 0) is 54.3 Å². The highest BCUT2D eigenvalue weighted by Crippen LogP contribution is 2.35. The quantitative estimate of drug-likeness (QED) is 0.0646. The van der Waals surface area contributed by atoms with Crippen LogP contribution in [0.1, 0.15) is 33.6 Å². The summed E-state index contributed by atoms with van der Waals surface area (Å²) in [5, 5.41) is 1.09. The zero-order chi connectivity index (χ0) is 26.5. The SMILES string of the molecule is Cl.NCCCCn1c(-c2ccccc2)cc2ccc(C(=O)c3cc(CC(=O)NN)c(-c4ccccc4)s3)cc21. The molecule has 0 aliphatic carbocycles. The minimum atomic E-state index is -0.302. The van der Waals surface area contributed by atoms with Crippen LogP contribution < -0.4 is 17.0 Å². The van der Waals surface area contributed by atoms with Gasteiger partial charge in [0.1, 0.15) is 0 Å². The second-order valence-electron chi connectivity index (χ2n) is 9.22. The maximum atomic E-state index is 13.8. The Morgan fingerprint density at radius 1 is 0.846 bits per heavy atom. The van der Waals surface area contributed by atoms with Crippen molar-refractivity contribution in [3.63, 3.8) is 0 Å². The van der Waals surface area contributed by atoms with Crippen molar-refractivity contribution in [1.29, 1.82) is 0 Å². The van der Waals surface area contributed by atoms with E-state index in [1.165, 1.54) is 11.3 Å². The van der Waals surface area contributed by atoms with E-state index in [9.17, 15) is 9.59 Å². The van der Waals surface area contributed by atoms with Crippen LogP contribution in [0.15, 0.2) is 91.0 Å². The third kappa shape index (κ3) is 6.13. The summed E-state index contributed by atoms with van der Waals surface area (Å²) in [6.45, 7) is 1.47. The number of thiophene rings is 1. The summed E-state index contributed by atoms with van der Waals surface area (Å²) in [6, 6.07) is 30.0. The molecule has 0 bridgehead atoms. The molecule has 200 valence electrons. The number of amides is 1. The van der Waals surface area contributed by atoms with Crippen molar-refractivity contribution < 1.29 is 9.59 Å². The van der Waals surface area contributed by atoms with Gasteiger partial charge in [-0.15, -0.1) is 23.7 Å². The first-order chi connectivity index (χ1) is 18.6. The van der Waals surface area contributed by atoms with Gasteiger partial charge in [-0.1, -0.05) is 72.8 Å². The number of hydrogen-bond acceptors (Lipinski definition) is 5. The van der Waals surface area contributed by atoms with Crippen LogP contribution in [0.3, 0.4) is 0 Å². The molecule has 2 heterocycles. The first-order valence-corrected chi connectivity index (χ1v) is 13.5.